The van der Waals surface area contributed by atoms with Crippen molar-refractivity contribution in [2.45, 2.75) is 44.7 Å². The molecule has 0 saturated heterocycles. The monoisotopic (exact) mass is 246 g/mol. The zero-order chi connectivity index (χ0) is 13.0. The van der Waals surface area contributed by atoms with Gasteiger partial charge in [-0.05, 0) is 51.4 Å². The lowest BCUT2D eigenvalue weighted by atomic mass is 9.99. The van der Waals surface area contributed by atoms with Gasteiger partial charge in [-0.2, -0.15) is 0 Å². The van der Waals surface area contributed by atoms with Crippen LogP contribution in [0.25, 0.3) is 0 Å². The van der Waals surface area contributed by atoms with Crippen LogP contribution in [0, 0.1) is 0 Å². The second-order valence-corrected chi connectivity index (χ2v) is 5.72. The molecule has 0 amide bonds. The van der Waals surface area contributed by atoms with Crippen molar-refractivity contribution in [1.82, 2.24) is 10.2 Å². The Hall–Kier alpha value is -0.860. The predicted octanol–water partition coefficient (Wildman–Crippen LogP) is 2.99. The van der Waals surface area contributed by atoms with Crippen molar-refractivity contribution in [1.29, 1.82) is 0 Å². The standard InChI is InChI=1S/C16H26N2/c1-13(18(2)3)12-17-16-11-7-5-9-14-8-4-6-10-15(14)16/h4,6,8,10,13,16-17H,5,7,9,11-12H2,1-3H3. The third kappa shape index (κ3) is 3.33. The molecule has 2 heteroatoms. The number of rotatable bonds is 4. The fourth-order valence-corrected chi connectivity index (χ4v) is 2.63. The van der Waals surface area contributed by atoms with Crippen molar-refractivity contribution in [3.8, 4) is 0 Å². The van der Waals surface area contributed by atoms with Crippen LogP contribution in [0.2, 0.25) is 0 Å². The fraction of sp³-hybridized carbons (Fsp3) is 0.625. The molecule has 0 saturated carbocycles. The van der Waals surface area contributed by atoms with Gasteiger partial charge in [-0.15, -0.1) is 0 Å². The highest BCUT2D eigenvalue weighted by Gasteiger charge is 2.18. The van der Waals surface area contributed by atoms with Crippen LogP contribution in [0.15, 0.2) is 24.3 Å². The van der Waals surface area contributed by atoms with Gasteiger partial charge >= 0.3 is 0 Å². The van der Waals surface area contributed by atoms with Gasteiger partial charge in [-0.1, -0.05) is 30.7 Å². The van der Waals surface area contributed by atoms with Crippen LogP contribution < -0.4 is 5.32 Å². The SMILES string of the molecule is CC(CNC1CCCCc2ccccc21)N(C)C. The largest absolute Gasteiger partial charge is 0.308 e. The van der Waals surface area contributed by atoms with Gasteiger partial charge in [0, 0.05) is 18.6 Å². The molecule has 1 N–H and O–H groups in total. The second kappa shape index (κ2) is 6.35. The summed E-state index contributed by atoms with van der Waals surface area (Å²) in [5.41, 5.74) is 3.07. The topological polar surface area (TPSA) is 15.3 Å². The highest BCUT2D eigenvalue weighted by Crippen LogP contribution is 2.28. The zero-order valence-corrected chi connectivity index (χ0v) is 11.9. The highest BCUT2D eigenvalue weighted by atomic mass is 15.1. The zero-order valence-electron chi connectivity index (χ0n) is 11.9. The molecule has 1 aromatic carbocycles. The van der Waals surface area contributed by atoms with Crippen LogP contribution in [0.5, 0.6) is 0 Å². The number of nitrogens with zero attached hydrogens (tertiary/aromatic N) is 1. The Morgan fingerprint density at radius 3 is 2.83 bits per heavy atom. The normalized spacial score (nSPS) is 21.4. The first-order valence-corrected chi connectivity index (χ1v) is 7.16. The lowest BCUT2D eigenvalue weighted by molar-refractivity contribution is 0.290. The van der Waals surface area contributed by atoms with Crippen LogP contribution in [-0.2, 0) is 6.42 Å². The minimum absolute atomic E-state index is 0.547. The van der Waals surface area contributed by atoms with E-state index in [0.29, 0.717) is 12.1 Å². The lowest BCUT2D eigenvalue weighted by Crippen LogP contribution is -2.37. The number of benzene rings is 1. The Kier molecular flexibility index (Phi) is 4.79. The predicted molar refractivity (Wildman–Crippen MR) is 77.9 cm³/mol. The molecule has 2 nitrogen and oxygen atoms in total. The van der Waals surface area contributed by atoms with Gasteiger partial charge in [0.15, 0.2) is 0 Å². The van der Waals surface area contributed by atoms with Crippen LogP contribution in [0.3, 0.4) is 0 Å². The maximum absolute atomic E-state index is 3.76. The summed E-state index contributed by atoms with van der Waals surface area (Å²) in [5.74, 6) is 0. The Morgan fingerprint density at radius 2 is 2.06 bits per heavy atom. The van der Waals surface area contributed by atoms with Crippen molar-refractivity contribution in [2.24, 2.45) is 0 Å². The second-order valence-electron chi connectivity index (χ2n) is 5.72. The molecule has 100 valence electrons. The summed E-state index contributed by atoms with van der Waals surface area (Å²) in [7, 11) is 4.29. The molecular weight excluding hydrogens is 220 g/mol. The van der Waals surface area contributed by atoms with E-state index >= 15 is 0 Å². The average Bonchev–Trinajstić information content (AvgIpc) is 2.58. The molecule has 0 aromatic heterocycles. The van der Waals surface area contributed by atoms with Crippen LogP contribution >= 0.6 is 0 Å². The van der Waals surface area contributed by atoms with Gasteiger partial charge in [0.1, 0.15) is 0 Å². The quantitative estimate of drug-likeness (QED) is 0.822. The van der Waals surface area contributed by atoms with Crippen molar-refractivity contribution >= 4 is 0 Å². The van der Waals surface area contributed by atoms with E-state index in [1.807, 2.05) is 0 Å². The molecular formula is C16H26N2. The smallest absolute Gasteiger partial charge is 0.0323 e. The number of hydrogen-bond acceptors (Lipinski definition) is 2. The fourth-order valence-electron chi connectivity index (χ4n) is 2.63. The summed E-state index contributed by atoms with van der Waals surface area (Å²) in [6.45, 7) is 3.33. The number of nitrogens with one attached hydrogen (secondary N) is 1. The molecule has 0 aliphatic heterocycles. The minimum atomic E-state index is 0.547. The average molecular weight is 246 g/mol. The van der Waals surface area contributed by atoms with Gasteiger partial charge in [-0.3, -0.25) is 0 Å². The number of aryl methyl sites for hydroxylation is 1. The van der Waals surface area contributed by atoms with Crippen molar-refractivity contribution in [3.05, 3.63) is 35.4 Å². The minimum Gasteiger partial charge on any atom is -0.308 e. The summed E-state index contributed by atoms with van der Waals surface area (Å²) in [4.78, 5) is 2.27. The Balaban J connectivity index is 2.04. The molecule has 0 radical (unpaired) electrons. The van der Waals surface area contributed by atoms with E-state index in [0.717, 1.165) is 6.54 Å². The molecule has 0 fully saturated rings. The molecule has 2 unspecified atom stereocenters. The highest BCUT2D eigenvalue weighted by molar-refractivity contribution is 5.31. The Morgan fingerprint density at radius 1 is 1.28 bits per heavy atom. The van der Waals surface area contributed by atoms with E-state index in [1.165, 1.54) is 31.2 Å². The number of fused-ring (bicyclic) bond motifs is 1. The third-order valence-corrected chi connectivity index (χ3v) is 4.16. The van der Waals surface area contributed by atoms with E-state index < -0.39 is 0 Å². The van der Waals surface area contributed by atoms with E-state index in [-0.39, 0.29) is 0 Å². The number of hydrogen-bond donors (Lipinski definition) is 1. The summed E-state index contributed by atoms with van der Waals surface area (Å²) in [5, 5.41) is 3.76. The molecule has 1 aliphatic carbocycles. The van der Waals surface area contributed by atoms with Crippen LogP contribution in [-0.4, -0.2) is 31.6 Å². The van der Waals surface area contributed by atoms with Crippen LogP contribution in [0.4, 0.5) is 0 Å². The van der Waals surface area contributed by atoms with Gasteiger partial charge < -0.3 is 10.2 Å². The molecule has 2 rings (SSSR count). The van der Waals surface area contributed by atoms with E-state index in [4.69, 9.17) is 0 Å². The summed E-state index contributed by atoms with van der Waals surface area (Å²) in [6.07, 6.45) is 5.19. The first-order chi connectivity index (χ1) is 8.68. The van der Waals surface area contributed by atoms with Gasteiger partial charge in [0.25, 0.3) is 0 Å². The molecule has 0 spiro atoms. The Labute approximate surface area is 111 Å². The molecule has 1 aliphatic rings. The molecule has 1 aromatic rings. The maximum Gasteiger partial charge on any atom is 0.0323 e. The lowest BCUT2D eigenvalue weighted by Gasteiger charge is -2.25. The maximum atomic E-state index is 3.76. The van der Waals surface area contributed by atoms with E-state index in [1.54, 1.807) is 5.56 Å². The number of likely N-dealkylation sites (N-methyl/N-ethyl adjacent to an activating group) is 1. The van der Waals surface area contributed by atoms with E-state index in [9.17, 15) is 0 Å². The summed E-state index contributed by atoms with van der Waals surface area (Å²) >= 11 is 0. The van der Waals surface area contributed by atoms with E-state index in [2.05, 4.69) is 55.5 Å². The van der Waals surface area contributed by atoms with Gasteiger partial charge in [-0.25, -0.2) is 0 Å². The molecule has 18 heavy (non-hydrogen) atoms. The third-order valence-electron chi connectivity index (χ3n) is 4.16. The van der Waals surface area contributed by atoms with Crippen LogP contribution in [0.1, 0.15) is 43.4 Å². The van der Waals surface area contributed by atoms with Gasteiger partial charge in [0.05, 0.1) is 0 Å². The molecule has 0 heterocycles. The molecule has 2 atom stereocenters. The van der Waals surface area contributed by atoms with Crippen molar-refractivity contribution < 1.29 is 0 Å². The first-order valence-electron chi connectivity index (χ1n) is 7.16. The molecule has 0 bridgehead atoms. The van der Waals surface area contributed by atoms with Crippen molar-refractivity contribution in [3.63, 3.8) is 0 Å². The summed E-state index contributed by atoms with van der Waals surface area (Å²) < 4.78 is 0. The first kappa shape index (κ1) is 13.6. The van der Waals surface area contributed by atoms with Crippen molar-refractivity contribution in [2.75, 3.05) is 20.6 Å². The summed E-state index contributed by atoms with van der Waals surface area (Å²) in [6, 6.07) is 10.1. The van der Waals surface area contributed by atoms with Gasteiger partial charge in [0.2, 0.25) is 0 Å². The Bertz CT molecular complexity index is 373.